The van der Waals surface area contributed by atoms with E-state index in [1.807, 2.05) is 25.1 Å². The zero-order chi connectivity index (χ0) is 30.1. The molecule has 0 atom stereocenters. The lowest BCUT2D eigenvalue weighted by atomic mass is 9.96. The van der Waals surface area contributed by atoms with Crippen molar-refractivity contribution < 1.29 is 23.9 Å². The number of nitrogens with zero attached hydrogens (tertiary/aromatic N) is 5. The van der Waals surface area contributed by atoms with Crippen molar-refractivity contribution in [3.8, 4) is 28.4 Å². The number of hydrogen-bond donors (Lipinski definition) is 4. The number of phenols is 1. The summed E-state index contributed by atoms with van der Waals surface area (Å²) in [6.45, 7) is 4.36. The molecule has 5 rings (SSSR count). The molecular weight excluding hydrogens is 543 g/mol. The summed E-state index contributed by atoms with van der Waals surface area (Å²) in [4.78, 5) is 47.6. The molecule has 0 saturated carbocycles. The van der Waals surface area contributed by atoms with E-state index in [1.165, 1.54) is 37.3 Å². The van der Waals surface area contributed by atoms with Gasteiger partial charge >= 0.3 is 12.1 Å². The van der Waals surface area contributed by atoms with Crippen LogP contribution in [0, 0.1) is 5.82 Å². The molecule has 0 unspecified atom stereocenters. The first-order valence-electron chi connectivity index (χ1n) is 13.4. The molecule has 0 spiro atoms. The Kier molecular flexibility index (Phi) is 7.66. The first-order chi connectivity index (χ1) is 20.1. The number of phenolic OH excluding ortho intramolecular Hbond substituents is 1. The van der Waals surface area contributed by atoms with E-state index in [4.69, 9.17) is 4.98 Å². The van der Waals surface area contributed by atoms with Gasteiger partial charge in [0.15, 0.2) is 17.4 Å². The number of imidazole rings is 1. The summed E-state index contributed by atoms with van der Waals surface area (Å²) < 4.78 is 14.2. The number of amides is 5. The van der Waals surface area contributed by atoms with Gasteiger partial charge in [-0.3, -0.25) is 14.8 Å². The molecule has 1 aliphatic rings. The van der Waals surface area contributed by atoms with Crippen molar-refractivity contribution in [3.05, 3.63) is 65.0 Å². The van der Waals surface area contributed by atoms with E-state index >= 15 is 0 Å². The molecule has 3 heterocycles. The number of aromatic hydroxyl groups is 1. The van der Waals surface area contributed by atoms with Gasteiger partial charge in [-0.15, -0.1) is 0 Å². The molecule has 42 heavy (non-hydrogen) atoms. The number of imide groups is 1. The number of rotatable bonds is 6. The van der Waals surface area contributed by atoms with Crippen LogP contribution in [0.15, 0.2) is 42.2 Å². The second-order valence-electron chi connectivity index (χ2n) is 10.2. The van der Waals surface area contributed by atoms with Crippen LogP contribution in [-0.4, -0.2) is 79.1 Å². The largest absolute Gasteiger partial charge is 0.505 e. The number of halogens is 1. The van der Waals surface area contributed by atoms with E-state index < -0.39 is 11.8 Å². The number of urea groups is 2. The van der Waals surface area contributed by atoms with Crippen molar-refractivity contribution >= 4 is 29.4 Å². The van der Waals surface area contributed by atoms with Gasteiger partial charge < -0.3 is 25.2 Å². The Bertz CT molecular complexity index is 1730. The zero-order valence-electron chi connectivity index (χ0n) is 23.7. The molecule has 0 radical (unpaired) electrons. The standard InChI is InChI=1S/C29H31FN8O4/c1-5-17-11-25(40)21(30)12-20(17)18-6-7-19-23(10-18)34-35-26(19)27-32-22-8-9-38(14-24(22)33-27)28(41)31-16(2)13-36(3)29(42)37(4)15-39/h6-7,10-13,15,40H,5,8-9,14H2,1-4H3,(H,31,41)(H,32,33)(H,34,35)/b16-13+. The van der Waals surface area contributed by atoms with Gasteiger partial charge in [0.2, 0.25) is 6.41 Å². The highest BCUT2D eigenvalue weighted by molar-refractivity contribution is 5.94. The van der Waals surface area contributed by atoms with E-state index in [2.05, 4.69) is 20.5 Å². The minimum atomic E-state index is -0.674. The quantitative estimate of drug-likeness (QED) is 0.255. The highest BCUT2D eigenvalue weighted by atomic mass is 19.1. The van der Waals surface area contributed by atoms with Gasteiger partial charge in [-0.1, -0.05) is 13.0 Å². The predicted molar refractivity (Wildman–Crippen MR) is 154 cm³/mol. The number of nitrogens with one attached hydrogen (secondary N) is 3. The second kappa shape index (κ2) is 11.4. The van der Waals surface area contributed by atoms with Gasteiger partial charge in [0.05, 0.1) is 23.4 Å². The molecule has 0 saturated heterocycles. The third-order valence-corrected chi connectivity index (χ3v) is 7.22. The van der Waals surface area contributed by atoms with E-state index in [9.17, 15) is 23.9 Å². The van der Waals surface area contributed by atoms with Crippen molar-refractivity contribution in [2.24, 2.45) is 0 Å². The lowest BCUT2D eigenvalue weighted by molar-refractivity contribution is -0.115. The van der Waals surface area contributed by atoms with Crippen LogP contribution in [0.2, 0.25) is 0 Å². The normalized spacial score (nSPS) is 13.2. The Morgan fingerprint density at radius 1 is 1.21 bits per heavy atom. The molecule has 2 aromatic heterocycles. The fourth-order valence-corrected chi connectivity index (χ4v) is 5.03. The average Bonchev–Trinajstić information content (AvgIpc) is 3.60. The minimum Gasteiger partial charge on any atom is -0.505 e. The number of carbonyl (C=O) groups excluding carboxylic acids is 3. The summed E-state index contributed by atoms with van der Waals surface area (Å²) >= 11 is 0. The van der Waals surface area contributed by atoms with Gasteiger partial charge in [0.1, 0.15) is 5.69 Å². The van der Waals surface area contributed by atoms with Crippen LogP contribution in [0.1, 0.15) is 30.8 Å². The van der Waals surface area contributed by atoms with Gasteiger partial charge in [-0.2, -0.15) is 5.10 Å². The number of H-pyrrole nitrogens is 2. The third kappa shape index (κ3) is 5.40. The Balaban J connectivity index is 1.32. The molecule has 218 valence electrons. The lowest BCUT2D eigenvalue weighted by Gasteiger charge is -2.26. The molecule has 0 fully saturated rings. The van der Waals surface area contributed by atoms with Crippen LogP contribution in [0.25, 0.3) is 33.5 Å². The van der Waals surface area contributed by atoms with E-state index in [1.54, 1.807) is 11.8 Å². The first kappa shape index (κ1) is 28.3. The highest BCUT2D eigenvalue weighted by Gasteiger charge is 2.25. The van der Waals surface area contributed by atoms with Gasteiger partial charge in [-0.25, -0.2) is 19.0 Å². The summed E-state index contributed by atoms with van der Waals surface area (Å²) in [5.74, 6) is -0.470. The number of aromatic nitrogens is 4. The molecule has 5 amide bonds. The fraction of sp³-hybridized carbons (Fsp3) is 0.276. The van der Waals surface area contributed by atoms with Crippen LogP contribution < -0.4 is 5.32 Å². The second-order valence-corrected chi connectivity index (χ2v) is 10.2. The highest BCUT2D eigenvalue weighted by Crippen LogP contribution is 2.34. The van der Waals surface area contributed by atoms with E-state index in [0.29, 0.717) is 55.1 Å². The van der Waals surface area contributed by atoms with E-state index in [0.717, 1.165) is 38.3 Å². The molecule has 4 aromatic rings. The molecule has 2 aromatic carbocycles. The topological polar surface area (TPSA) is 151 Å². The number of aromatic amines is 2. The molecule has 0 aliphatic carbocycles. The Morgan fingerprint density at radius 3 is 2.74 bits per heavy atom. The third-order valence-electron chi connectivity index (χ3n) is 7.22. The predicted octanol–water partition coefficient (Wildman–Crippen LogP) is 4.10. The van der Waals surface area contributed by atoms with Crippen LogP contribution in [0.4, 0.5) is 14.0 Å². The maximum Gasteiger partial charge on any atom is 0.330 e. The van der Waals surface area contributed by atoms with Crippen LogP contribution in [0.3, 0.4) is 0 Å². The summed E-state index contributed by atoms with van der Waals surface area (Å²) in [7, 11) is 2.84. The molecule has 0 bridgehead atoms. The lowest BCUT2D eigenvalue weighted by Crippen LogP contribution is -2.42. The fourth-order valence-electron chi connectivity index (χ4n) is 5.03. The summed E-state index contributed by atoms with van der Waals surface area (Å²) in [6, 6.07) is 7.62. The number of allylic oxidation sites excluding steroid dienone is 1. The van der Waals surface area contributed by atoms with Crippen molar-refractivity contribution in [1.82, 2.24) is 40.2 Å². The molecule has 12 nitrogen and oxygen atoms in total. The summed E-state index contributed by atoms with van der Waals surface area (Å²) in [6.07, 6.45) is 3.03. The summed E-state index contributed by atoms with van der Waals surface area (Å²) in [5, 5.41) is 20.9. The summed E-state index contributed by atoms with van der Waals surface area (Å²) in [5.41, 5.74) is 5.79. The number of fused-ring (bicyclic) bond motifs is 2. The Hall–Kier alpha value is -5.20. The van der Waals surface area contributed by atoms with Crippen molar-refractivity contribution in [1.29, 1.82) is 0 Å². The maximum atomic E-state index is 14.2. The van der Waals surface area contributed by atoms with Crippen LogP contribution in [0.5, 0.6) is 5.75 Å². The number of hydrogen-bond acceptors (Lipinski definition) is 6. The smallest absolute Gasteiger partial charge is 0.330 e. The zero-order valence-corrected chi connectivity index (χ0v) is 23.7. The van der Waals surface area contributed by atoms with E-state index in [-0.39, 0.29) is 11.8 Å². The first-order valence-corrected chi connectivity index (χ1v) is 13.4. The Labute approximate surface area is 240 Å². The minimum absolute atomic E-state index is 0.308. The number of benzene rings is 2. The monoisotopic (exact) mass is 574 g/mol. The molecular formula is C29H31FN8O4. The van der Waals surface area contributed by atoms with Crippen molar-refractivity contribution in [2.45, 2.75) is 33.2 Å². The SMILES string of the molecule is CCc1cc(O)c(F)cc1-c1ccc2c(-c3nc4c([nH]3)CN(C(=O)N/C(C)=C/N(C)C(=O)N(C)C=O)CC4)n[nH]c2c1. The van der Waals surface area contributed by atoms with Crippen LogP contribution in [-0.2, 0) is 24.2 Å². The maximum absolute atomic E-state index is 14.2. The Morgan fingerprint density at radius 2 is 2.00 bits per heavy atom. The van der Waals surface area contributed by atoms with Crippen LogP contribution >= 0.6 is 0 Å². The van der Waals surface area contributed by atoms with Gasteiger partial charge in [-0.05, 0) is 54.3 Å². The van der Waals surface area contributed by atoms with Crippen molar-refractivity contribution in [2.75, 3.05) is 20.6 Å². The van der Waals surface area contributed by atoms with Gasteiger partial charge in [0, 0.05) is 44.3 Å². The molecule has 4 N–H and O–H groups in total. The van der Waals surface area contributed by atoms with Gasteiger partial charge in [0.25, 0.3) is 0 Å². The average molecular weight is 575 g/mol. The molecule has 13 heteroatoms. The number of carbonyl (C=O) groups is 3. The van der Waals surface area contributed by atoms with Crippen molar-refractivity contribution in [3.63, 3.8) is 0 Å². The number of aryl methyl sites for hydroxylation is 1. The molecule has 1 aliphatic heterocycles.